The van der Waals surface area contributed by atoms with E-state index < -0.39 is 25.0 Å². The summed E-state index contributed by atoms with van der Waals surface area (Å²) in [5.74, 6) is -1.51. The topological polar surface area (TPSA) is 81.7 Å². The zero-order valence-electron chi connectivity index (χ0n) is 13.7. The molecule has 0 atom stereocenters. The van der Waals surface area contributed by atoms with Crippen LogP contribution in [0, 0.1) is 0 Å². The Balaban J connectivity index is 1.90. The third-order valence-electron chi connectivity index (χ3n) is 3.18. The number of amides is 1. The van der Waals surface area contributed by atoms with E-state index in [1.807, 2.05) is 0 Å². The predicted molar refractivity (Wildman–Crippen MR) is 88.4 cm³/mol. The molecule has 0 fully saturated rings. The van der Waals surface area contributed by atoms with Gasteiger partial charge in [-0.05, 0) is 48.5 Å². The Morgan fingerprint density at radius 2 is 1.54 bits per heavy atom. The first-order valence-electron chi connectivity index (χ1n) is 7.48. The Morgan fingerprint density at radius 3 is 2.08 bits per heavy atom. The van der Waals surface area contributed by atoms with Crippen molar-refractivity contribution in [3.63, 3.8) is 0 Å². The summed E-state index contributed by atoms with van der Waals surface area (Å²) in [6.07, 6.45) is 0. The van der Waals surface area contributed by atoms with Gasteiger partial charge in [-0.15, -0.1) is 0 Å². The van der Waals surface area contributed by atoms with E-state index in [-0.39, 0.29) is 22.8 Å². The third kappa shape index (κ3) is 5.66. The van der Waals surface area contributed by atoms with Crippen molar-refractivity contribution in [1.82, 2.24) is 0 Å². The molecule has 0 heterocycles. The van der Waals surface area contributed by atoms with Crippen LogP contribution in [0.2, 0.25) is 0 Å². The van der Waals surface area contributed by atoms with Gasteiger partial charge in [-0.3, -0.25) is 9.59 Å². The van der Waals surface area contributed by atoms with E-state index in [0.717, 1.165) is 0 Å². The average molecular weight is 363 g/mol. The number of halogens is 2. The van der Waals surface area contributed by atoms with Crippen LogP contribution in [0.3, 0.4) is 0 Å². The average Bonchev–Trinajstić information content (AvgIpc) is 2.59. The molecule has 0 radical (unpaired) electrons. The number of alkyl halides is 2. The number of carbonyl (C=O) groups excluding carboxylic acids is 3. The number of Topliss-reactive ketones (excluding diaryl/α,β-unsaturated/α-hetero) is 1. The van der Waals surface area contributed by atoms with Crippen molar-refractivity contribution in [1.29, 1.82) is 0 Å². The second-order valence-corrected chi connectivity index (χ2v) is 5.16. The van der Waals surface area contributed by atoms with E-state index in [2.05, 4.69) is 10.1 Å². The van der Waals surface area contributed by atoms with Gasteiger partial charge in [0.05, 0.1) is 5.56 Å². The maximum atomic E-state index is 12.1. The molecule has 136 valence electrons. The van der Waals surface area contributed by atoms with E-state index in [1.54, 1.807) is 0 Å². The molecule has 0 aliphatic rings. The molecule has 2 rings (SSSR count). The molecule has 0 saturated carbocycles. The van der Waals surface area contributed by atoms with Gasteiger partial charge in [0.25, 0.3) is 0 Å². The molecule has 1 N–H and O–H groups in total. The van der Waals surface area contributed by atoms with Crippen molar-refractivity contribution in [3.05, 3.63) is 59.7 Å². The Bertz CT molecular complexity index is 788. The number of esters is 1. The Morgan fingerprint density at radius 1 is 0.962 bits per heavy atom. The lowest BCUT2D eigenvalue weighted by Crippen LogP contribution is -2.14. The summed E-state index contributed by atoms with van der Waals surface area (Å²) in [4.78, 5) is 34.8. The van der Waals surface area contributed by atoms with Crippen LogP contribution < -0.4 is 10.1 Å². The van der Waals surface area contributed by atoms with Gasteiger partial charge in [0.15, 0.2) is 12.4 Å². The first-order chi connectivity index (χ1) is 12.3. The first kappa shape index (κ1) is 19.0. The highest BCUT2D eigenvalue weighted by atomic mass is 19.3. The number of hydrogen-bond acceptors (Lipinski definition) is 5. The highest BCUT2D eigenvalue weighted by Gasteiger charge is 2.13. The van der Waals surface area contributed by atoms with Crippen molar-refractivity contribution >= 4 is 23.3 Å². The largest absolute Gasteiger partial charge is 0.454 e. The lowest BCUT2D eigenvalue weighted by atomic mass is 10.1. The van der Waals surface area contributed by atoms with Crippen LogP contribution in [-0.4, -0.2) is 30.9 Å². The quantitative estimate of drug-likeness (QED) is 0.603. The molecule has 26 heavy (non-hydrogen) atoms. The summed E-state index contributed by atoms with van der Waals surface area (Å²) in [5, 5.41) is 2.56. The zero-order chi connectivity index (χ0) is 19.1. The molecule has 0 unspecified atom stereocenters. The summed E-state index contributed by atoms with van der Waals surface area (Å²) < 4.78 is 33.3. The summed E-state index contributed by atoms with van der Waals surface area (Å²) >= 11 is 0. The number of carbonyl (C=O) groups is 3. The second-order valence-electron chi connectivity index (χ2n) is 5.16. The second kappa shape index (κ2) is 8.70. The molecule has 0 aliphatic carbocycles. The number of rotatable bonds is 7. The highest BCUT2D eigenvalue weighted by Crippen LogP contribution is 2.16. The van der Waals surface area contributed by atoms with E-state index in [1.165, 1.54) is 55.5 Å². The fourth-order valence-electron chi connectivity index (χ4n) is 2.01. The number of ketones is 1. The van der Waals surface area contributed by atoms with Crippen molar-refractivity contribution in [2.45, 2.75) is 13.5 Å². The molecule has 6 nitrogen and oxygen atoms in total. The van der Waals surface area contributed by atoms with Crippen molar-refractivity contribution in [2.75, 3.05) is 11.9 Å². The summed E-state index contributed by atoms with van der Waals surface area (Å²) in [7, 11) is 0. The molecule has 8 heteroatoms. The molecule has 0 saturated heterocycles. The van der Waals surface area contributed by atoms with Crippen LogP contribution >= 0.6 is 0 Å². The lowest BCUT2D eigenvalue weighted by Gasteiger charge is -2.07. The van der Waals surface area contributed by atoms with Crippen LogP contribution in [0.4, 0.5) is 14.5 Å². The minimum atomic E-state index is -2.95. The van der Waals surface area contributed by atoms with Gasteiger partial charge in [0.2, 0.25) is 5.91 Å². The van der Waals surface area contributed by atoms with Gasteiger partial charge in [0.1, 0.15) is 5.75 Å². The summed E-state index contributed by atoms with van der Waals surface area (Å²) in [6.45, 7) is -2.09. The predicted octanol–water partition coefficient (Wildman–Crippen LogP) is 3.29. The molecule has 0 aromatic heterocycles. The van der Waals surface area contributed by atoms with Gasteiger partial charge >= 0.3 is 12.6 Å². The highest BCUT2D eigenvalue weighted by molar-refractivity contribution is 5.99. The van der Waals surface area contributed by atoms with Crippen LogP contribution in [0.5, 0.6) is 5.75 Å². The standard InChI is InChI=1S/C18H15F2NO5/c1-11(22)21-14-6-2-13(3-7-14)17(24)25-10-16(23)12-4-8-15(9-5-12)26-18(19)20/h2-9,18H,10H2,1H3,(H,21,22). The number of nitrogens with one attached hydrogen (secondary N) is 1. The van der Waals surface area contributed by atoms with Gasteiger partial charge in [0, 0.05) is 18.2 Å². The third-order valence-corrected chi connectivity index (χ3v) is 3.18. The summed E-state index contributed by atoms with van der Waals surface area (Å²) in [6, 6.07) is 11.0. The maximum Gasteiger partial charge on any atom is 0.387 e. The fourth-order valence-corrected chi connectivity index (χ4v) is 2.01. The molecule has 2 aromatic rings. The monoisotopic (exact) mass is 363 g/mol. The van der Waals surface area contributed by atoms with Gasteiger partial charge < -0.3 is 14.8 Å². The lowest BCUT2D eigenvalue weighted by molar-refractivity contribution is -0.114. The number of hydrogen-bond donors (Lipinski definition) is 1. The minimum absolute atomic E-state index is 0.0761. The van der Waals surface area contributed by atoms with Crippen molar-refractivity contribution in [2.24, 2.45) is 0 Å². The fraction of sp³-hybridized carbons (Fsp3) is 0.167. The molecular formula is C18H15F2NO5. The Hall–Kier alpha value is -3.29. The van der Waals surface area contributed by atoms with Crippen LogP contribution in [0.25, 0.3) is 0 Å². The van der Waals surface area contributed by atoms with Crippen molar-refractivity contribution in [3.8, 4) is 5.75 Å². The van der Waals surface area contributed by atoms with E-state index in [4.69, 9.17) is 4.74 Å². The molecule has 0 aliphatic heterocycles. The molecule has 1 amide bonds. The van der Waals surface area contributed by atoms with Crippen molar-refractivity contribution < 1.29 is 32.6 Å². The van der Waals surface area contributed by atoms with Crippen LogP contribution in [-0.2, 0) is 9.53 Å². The van der Waals surface area contributed by atoms with Gasteiger partial charge in [-0.25, -0.2) is 4.79 Å². The van der Waals surface area contributed by atoms with E-state index in [0.29, 0.717) is 5.69 Å². The zero-order valence-corrected chi connectivity index (χ0v) is 13.7. The molecule has 0 bridgehead atoms. The number of ether oxygens (including phenoxy) is 2. The Labute approximate surface area is 147 Å². The smallest absolute Gasteiger partial charge is 0.387 e. The number of benzene rings is 2. The van der Waals surface area contributed by atoms with Gasteiger partial charge in [-0.1, -0.05) is 0 Å². The first-order valence-corrected chi connectivity index (χ1v) is 7.48. The molecule has 0 spiro atoms. The van der Waals surface area contributed by atoms with E-state index >= 15 is 0 Å². The van der Waals surface area contributed by atoms with E-state index in [9.17, 15) is 23.2 Å². The van der Waals surface area contributed by atoms with Crippen LogP contribution in [0.1, 0.15) is 27.6 Å². The normalized spacial score (nSPS) is 10.3. The van der Waals surface area contributed by atoms with Crippen LogP contribution in [0.15, 0.2) is 48.5 Å². The minimum Gasteiger partial charge on any atom is -0.454 e. The Kier molecular flexibility index (Phi) is 6.37. The molecule has 2 aromatic carbocycles. The SMILES string of the molecule is CC(=O)Nc1ccc(C(=O)OCC(=O)c2ccc(OC(F)F)cc2)cc1. The molecular weight excluding hydrogens is 348 g/mol. The van der Waals surface area contributed by atoms with Gasteiger partial charge in [-0.2, -0.15) is 8.78 Å². The number of anilines is 1. The maximum absolute atomic E-state index is 12.1. The summed E-state index contributed by atoms with van der Waals surface area (Å²) in [5.41, 5.74) is 0.934.